The second-order valence-corrected chi connectivity index (χ2v) is 6.35. The van der Waals surface area contributed by atoms with Gasteiger partial charge in [0.25, 0.3) is 0 Å². The Kier molecular flexibility index (Phi) is 7.29. The number of aliphatic hydroxyl groups is 1. The van der Waals surface area contributed by atoms with Crippen molar-refractivity contribution < 1.29 is 9.84 Å². The van der Waals surface area contributed by atoms with Crippen LogP contribution >= 0.6 is 0 Å². The zero-order chi connectivity index (χ0) is 17.4. The van der Waals surface area contributed by atoms with Crippen molar-refractivity contribution in [2.24, 2.45) is 0 Å². The smallest absolute Gasteiger partial charge is 0.122 e. The molecule has 0 heterocycles. The SMILES string of the molecule is CC[C@@H](C)c1ccccc1OC[C@H](O)CN[C@@H](C)c1ccccc1. The molecule has 0 aliphatic carbocycles. The monoisotopic (exact) mass is 327 g/mol. The lowest BCUT2D eigenvalue weighted by molar-refractivity contribution is 0.103. The molecule has 0 saturated heterocycles. The highest BCUT2D eigenvalue weighted by atomic mass is 16.5. The number of para-hydroxylation sites is 1. The van der Waals surface area contributed by atoms with Crippen LogP contribution < -0.4 is 10.1 Å². The second-order valence-electron chi connectivity index (χ2n) is 6.35. The summed E-state index contributed by atoms with van der Waals surface area (Å²) in [5, 5.41) is 13.6. The summed E-state index contributed by atoms with van der Waals surface area (Å²) in [6.07, 6.45) is 0.528. The zero-order valence-corrected chi connectivity index (χ0v) is 14.9. The number of rotatable bonds is 9. The van der Waals surface area contributed by atoms with Gasteiger partial charge in [0.05, 0.1) is 0 Å². The molecule has 24 heavy (non-hydrogen) atoms. The van der Waals surface area contributed by atoms with Crippen LogP contribution in [0.2, 0.25) is 0 Å². The van der Waals surface area contributed by atoms with Gasteiger partial charge in [-0.25, -0.2) is 0 Å². The fourth-order valence-corrected chi connectivity index (χ4v) is 2.66. The predicted octanol–water partition coefficient (Wildman–Crippen LogP) is 4.29. The van der Waals surface area contributed by atoms with E-state index >= 15 is 0 Å². The molecule has 0 aliphatic rings. The number of hydrogen-bond donors (Lipinski definition) is 2. The molecule has 0 unspecified atom stereocenters. The molecule has 2 rings (SSSR count). The Morgan fingerprint density at radius 3 is 2.38 bits per heavy atom. The summed E-state index contributed by atoms with van der Waals surface area (Å²) in [6, 6.07) is 18.5. The van der Waals surface area contributed by atoms with E-state index in [0.29, 0.717) is 19.1 Å². The standard InChI is InChI=1S/C21H29NO2/c1-4-16(2)20-12-8-9-13-21(20)24-15-19(23)14-22-17(3)18-10-6-5-7-11-18/h5-13,16-17,19,22-23H,4,14-15H2,1-3H3/t16-,17+,19-/m1/s1. The minimum atomic E-state index is -0.541. The van der Waals surface area contributed by atoms with E-state index in [1.165, 1.54) is 11.1 Å². The van der Waals surface area contributed by atoms with Crippen molar-refractivity contribution >= 4 is 0 Å². The molecule has 0 spiro atoms. The van der Waals surface area contributed by atoms with E-state index in [2.05, 4.69) is 44.3 Å². The average molecular weight is 327 g/mol. The van der Waals surface area contributed by atoms with Gasteiger partial charge in [0.15, 0.2) is 0 Å². The van der Waals surface area contributed by atoms with E-state index in [4.69, 9.17) is 4.74 Å². The number of nitrogens with one attached hydrogen (secondary N) is 1. The van der Waals surface area contributed by atoms with E-state index < -0.39 is 6.10 Å². The van der Waals surface area contributed by atoms with Crippen molar-refractivity contribution in [3.63, 3.8) is 0 Å². The number of ether oxygens (including phenoxy) is 1. The first-order valence-corrected chi connectivity index (χ1v) is 8.80. The van der Waals surface area contributed by atoms with Crippen molar-refractivity contribution in [1.29, 1.82) is 0 Å². The van der Waals surface area contributed by atoms with Crippen molar-refractivity contribution in [2.45, 2.75) is 45.3 Å². The minimum absolute atomic E-state index is 0.202. The highest BCUT2D eigenvalue weighted by Crippen LogP contribution is 2.28. The molecule has 130 valence electrons. The molecular formula is C21H29NO2. The van der Waals surface area contributed by atoms with Crippen LogP contribution in [-0.4, -0.2) is 24.4 Å². The third kappa shape index (κ3) is 5.36. The second kappa shape index (κ2) is 9.45. The molecule has 0 bridgehead atoms. The lowest BCUT2D eigenvalue weighted by Gasteiger charge is -2.20. The molecule has 3 atom stereocenters. The van der Waals surface area contributed by atoms with Crippen LogP contribution in [0.25, 0.3) is 0 Å². The maximum absolute atomic E-state index is 10.2. The van der Waals surface area contributed by atoms with Crippen molar-refractivity contribution in [3.8, 4) is 5.75 Å². The Labute approximate surface area is 145 Å². The van der Waals surface area contributed by atoms with Crippen molar-refractivity contribution in [3.05, 3.63) is 65.7 Å². The Balaban J connectivity index is 1.82. The Hall–Kier alpha value is -1.84. The third-order valence-electron chi connectivity index (χ3n) is 4.45. The minimum Gasteiger partial charge on any atom is -0.491 e. The van der Waals surface area contributed by atoms with Crippen molar-refractivity contribution in [2.75, 3.05) is 13.2 Å². The van der Waals surface area contributed by atoms with E-state index in [1.807, 2.05) is 36.4 Å². The molecule has 0 aromatic heterocycles. The van der Waals surface area contributed by atoms with E-state index in [0.717, 1.165) is 12.2 Å². The highest BCUT2D eigenvalue weighted by molar-refractivity contribution is 5.35. The van der Waals surface area contributed by atoms with E-state index in [1.54, 1.807) is 0 Å². The fourth-order valence-electron chi connectivity index (χ4n) is 2.66. The van der Waals surface area contributed by atoms with Gasteiger partial charge in [-0.2, -0.15) is 0 Å². The quantitative estimate of drug-likeness (QED) is 0.722. The molecular weight excluding hydrogens is 298 g/mol. The molecule has 3 nitrogen and oxygen atoms in total. The summed E-state index contributed by atoms with van der Waals surface area (Å²) in [5.74, 6) is 1.33. The van der Waals surface area contributed by atoms with Crippen molar-refractivity contribution in [1.82, 2.24) is 5.32 Å². The lowest BCUT2D eigenvalue weighted by Crippen LogP contribution is -2.33. The van der Waals surface area contributed by atoms with Crippen LogP contribution in [0.15, 0.2) is 54.6 Å². The molecule has 2 N–H and O–H groups in total. The van der Waals surface area contributed by atoms with Gasteiger partial charge in [-0.3, -0.25) is 0 Å². The van der Waals surface area contributed by atoms with Gasteiger partial charge in [0.1, 0.15) is 18.5 Å². The Bertz CT molecular complexity index is 600. The van der Waals surface area contributed by atoms with Crippen LogP contribution in [0, 0.1) is 0 Å². The summed E-state index contributed by atoms with van der Waals surface area (Å²) in [6.45, 7) is 7.26. The summed E-state index contributed by atoms with van der Waals surface area (Å²) in [5.41, 5.74) is 2.42. The molecule has 0 fully saturated rings. The molecule has 2 aromatic rings. The first-order chi connectivity index (χ1) is 11.6. The summed E-state index contributed by atoms with van der Waals surface area (Å²) < 4.78 is 5.87. The summed E-state index contributed by atoms with van der Waals surface area (Å²) in [4.78, 5) is 0. The van der Waals surface area contributed by atoms with Gasteiger partial charge in [-0.1, -0.05) is 62.4 Å². The molecule has 0 radical (unpaired) electrons. The lowest BCUT2D eigenvalue weighted by atomic mass is 9.98. The van der Waals surface area contributed by atoms with Gasteiger partial charge < -0.3 is 15.2 Å². The molecule has 3 heteroatoms. The number of aliphatic hydroxyl groups excluding tert-OH is 1. The van der Waals surface area contributed by atoms with E-state index in [9.17, 15) is 5.11 Å². The normalized spacial score (nSPS) is 14.8. The van der Waals surface area contributed by atoms with Gasteiger partial charge in [-0.05, 0) is 36.5 Å². The van der Waals surface area contributed by atoms with Gasteiger partial charge in [-0.15, -0.1) is 0 Å². The number of hydrogen-bond acceptors (Lipinski definition) is 3. The summed E-state index contributed by atoms with van der Waals surface area (Å²) >= 11 is 0. The first kappa shape index (κ1) is 18.5. The van der Waals surface area contributed by atoms with Gasteiger partial charge in [0.2, 0.25) is 0 Å². The Morgan fingerprint density at radius 1 is 1.00 bits per heavy atom. The maximum Gasteiger partial charge on any atom is 0.122 e. The third-order valence-corrected chi connectivity index (χ3v) is 4.45. The van der Waals surface area contributed by atoms with Gasteiger partial charge in [0, 0.05) is 12.6 Å². The molecule has 2 aromatic carbocycles. The first-order valence-electron chi connectivity index (χ1n) is 8.80. The van der Waals surface area contributed by atoms with Crippen LogP contribution in [0.3, 0.4) is 0 Å². The largest absolute Gasteiger partial charge is 0.491 e. The number of benzene rings is 2. The van der Waals surface area contributed by atoms with Crippen LogP contribution in [0.4, 0.5) is 0 Å². The molecule has 0 saturated carbocycles. The zero-order valence-electron chi connectivity index (χ0n) is 14.9. The Morgan fingerprint density at radius 2 is 1.67 bits per heavy atom. The van der Waals surface area contributed by atoms with E-state index in [-0.39, 0.29) is 6.04 Å². The van der Waals surface area contributed by atoms with Crippen LogP contribution in [0.5, 0.6) is 5.75 Å². The average Bonchev–Trinajstić information content (AvgIpc) is 2.64. The molecule has 0 aliphatic heterocycles. The molecule has 0 amide bonds. The predicted molar refractivity (Wildman–Crippen MR) is 99.5 cm³/mol. The van der Waals surface area contributed by atoms with Gasteiger partial charge >= 0.3 is 0 Å². The maximum atomic E-state index is 10.2. The fraction of sp³-hybridized carbons (Fsp3) is 0.429. The van der Waals surface area contributed by atoms with Crippen LogP contribution in [-0.2, 0) is 0 Å². The van der Waals surface area contributed by atoms with Crippen LogP contribution in [0.1, 0.15) is 50.3 Å². The topological polar surface area (TPSA) is 41.5 Å². The summed E-state index contributed by atoms with van der Waals surface area (Å²) in [7, 11) is 0. The highest BCUT2D eigenvalue weighted by Gasteiger charge is 2.12.